The minimum Gasteiger partial charge on any atom is -0.340 e. The van der Waals surface area contributed by atoms with Gasteiger partial charge < -0.3 is 9.47 Å². The Balaban J connectivity index is 1.85. The molecule has 1 aliphatic rings. The van der Waals surface area contributed by atoms with Crippen molar-refractivity contribution in [1.29, 1.82) is 0 Å². The number of ketones is 2. The lowest BCUT2D eigenvalue weighted by Crippen LogP contribution is -2.26. The molecule has 4 heteroatoms. The van der Waals surface area contributed by atoms with Gasteiger partial charge in [-0.15, -0.1) is 0 Å². The number of aryl methyl sites for hydroxylation is 1. The minimum absolute atomic E-state index is 0.0631. The molecule has 27 heavy (non-hydrogen) atoms. The molecule has 4 rings (SSSR count). The SMILES string of the molecule is CC(=O)c1ccc2c(c1)c1cc(C(C)=O)ccc1n2CC[C@H]1CCCN1C. The summed E-state index contributed by atoms with van der Waals surface area (Å²) in [5, 5.41) is 2.11. The third-order valence-corrected chi connectivity index (χ3v) is 6.04. The second-order valence-electron chi connectivity index (χ2n) is 7.79. The number of nitrogens with zero attached hydrogens (tertiary/aromatic N) is 2. The molecule has 0 saturated carbocycles. The van der Waals surface area contributed by atoms with Gasteiger partial charge in [-0.2, -0.15) is 0 Å². The van der Waals surface area contributed by atoms with E-state index in [1.807, 2.05) is 24.3 Å². The largest absolute Gasteiger partial charge is 0.340 e. The van der Waals surface area contributed by atoms with E-state index in [4.69, 9.17) is 0 Å². The van der Waals surface area contributed by atoms with E-state index in [9.17, 15) is 9.59 Å². The molecule has 0 spiro atoms. The highest BCUT2D eigenvalue weighted by Gasteiger charge is 2.21. The van der Waals surface area contributed by atoms with E-state index >= 15 is 0 Å². The maximum atomic E-state index is 11.9. The predicted octanol–water partition coefficient (Wildman–Crippen LogP) is 4.68. The van der Waals surface area contributed by atoms with Crippen LogP contribution in [0.15, 0.2) is 36.4 Å². The van der Waals surface area contributed by atoms with Crippen LogP contribution in [0.25, 0.3) is 21.8 Å². The second-order valence-corrected chi connectivity index (χ2v) is 7.79. The maximum absolute atomic E-state index is 11.9. The van der Waals surface area contributed by atoms with E-state index in [0.29, 0.717) is 17.2 Å². The Morgan fingerprint density at radius 1 is 0.963 bits per heavy atom. The lowest BCUT2D eigenvalue weighted by molar-refractivity contribution is 0.100. The van der Waals surface area contributed by atoms with E-state index in [2.05, 4.69) is 28.6 Å². The number of hydrogen-bond acceptors (Lipinski definition) is 3. The Morgan fingerprint density at radius 2 is 1.52 bits per heavy atom. The molecule has 4 nitrogen and oxygen atoms in total. The summed E-state index contributed by atoms with van der Waals surface area (Å²) in [7, 11) is 2.21. The average molecular weight is 362 g/mol. The van der Waals surface area contributed by atoms with Crippen molar-refractivity contribution in [3.63, 3.8) is 0 Å². The van der Waals surface area contributed by atoms with Gasteiger partial charge in [-0.3, -0.25) is 9.59 Å². The maximum Gasteiger partial charge on any atom is 0.159 e. The number of likely N-dealkylation sites (tertiary alicyclic amines) is 1. The first kappa shape index (κ1) is 17.9. The van der Waals surface area contributed by atoms with Crippen LogP contribution in [0.5, 0.6) is 0 Å². The normalized spacial score (nSPS) is 17.8. The summed E-state index contributed by atoms with van der Waals surface area (Å²) in [4.78, 5) is 26.2. The number of hydrogen-bond donors (Lipinski definition) is 0. The lowest BCUT2D eigenvalue weighted by atomic mass is 10.0. The molecular weight excluding hydrogens is 336 g/mol. The third kappa shape index (κ3) is 3.19. The van der Waals surface area contributed by atoms with Crippen molar-refractivity contribution in [2.24, 2.45) is 0 Å². The Hall–Kier alpha value is -2.46. The van der Waals surface area contributed by atoms with Gasteiger partial charge in [0.05, 0.1) is 0 Å². The van der Waals surface area contributed by atoms with Gasteiger partial charge in [-0.1, -0.05) is 0 Å². The van der Waals surface area contributed by atoms with Crippen LogP contribution in [0.3, 0.4) is 0 Å². The van der Waals surface area contributed by atoms with Gasteiger partial charge in [-0.05, 0) is 83.1 Å². The summed E-state index contributed by atoms with van der Waals surface area (Å²) >= 11 is 0. The fourth-order valence-electron chi connectivity index (χ4n) is 4.41. The Kier molecular flexibility index (Phi) is 4.60. The van der Waals surface area contributed by atoms with Crippen LogP contribution < -0.4 is 0 Å². The summed E-state index contributed by atoms with van der Waals surface area (Å²) in [6.07, 6.45) is 3.65. The first-order valence-corrected chi connectivity index (χ1v) is 9.74. The van der Waals surface area contributed by atoms with Crippen molar-refractivity contribution in [1.82, 2.24) is 9.47 Å². The molecule has 1 atom stereocenters. The van der Waals surface area contributed by atoms with E-state index in [0.717, 1.165) is 34.8 Å². The van der Waals surface area contributed by atoms with Gasteiger partial charge in [0.2, 0.25) is 0 Å². The van der Waals surface area contributed by atoms with Crippen LogP contribution in [0, 0.1) is 0 Å². The number of carbonyl (C=O) groups excluding carboxylic acids is 2. The molecule has 0 bridgehead atoms. The number of benzene rings is 2. The molecule has 1 fully saturated rings. The molecule has 1 saturated heterocycles. The molecule has 0 amide bonds. The van der Waals surface area contributed by atoms with Crippen molar-refractivity contribution in [3.05, 3.63) is 47.5 Å². The van der Waals surface area contributed by atoms with Gasteiger partial charge in [0.15, 0.2) is 11.6 Å². The minimum atomic E-state index is 0.0631. The average Bonchev–Trinajstić information content (AvgIpc) is 3.19. The monoisotopic (exact) mass is 362 g/mol. The Bertz CT molecular complexity index is 976. The third-order valence-electron chi connectivity index (χ3n) is 6.04. The van der Waals surface area contributed by atoms with Gasteiger partial charge in [0.25, 0.3) is 0 Å². The lowest BCUT2D eigenvalue weighted by Gasteiger charge is -2.20. The molecule has 1 aliphatic heterocycles. The molecule has 0 N–H and O–H groups in total. The number of rotatable bonds is 5. The fourth-order valence-corrected chi connectivity index (χ4v) is 4.41. The molecule has 3 aromatic rings. The molecule has 0 unspecified atom stereocenters. The molecule has 2 heterocycles. The smallest absolute Gasteiger partial charge is 0.159 e. The fraction of sp³-hybridized carbons (Fsp3) is 0.391. The molecule has 2 aromatic carbocycles. The zero-order chi connectivity index (χ0) is 19.1. The van der Waals surface area contributed by atoms with Crippen molar-refractivity contribution < 1.29 is 9.59 Å². The van der Waals surface area contributed by atoms with Crippen LogP contribution >= 0.6 is 0 Å². The van der Waals surface area contributed by atoms with Crippen molar-refractivity contribution >= 4 is 33.4 Å². The summed E-state index contributed by atoms with van der Waals surface area (Å²) < 4.78 is 2.35. The molecule has 140 valence electrons. The molecular formula is C23H26N2O2. The first-order chi connectivity index (χ1) is 13.0. The van der Waals surface area contributed by atoms with Gasteiger partial charge in [0.1, 0.15) is 0 Å². The Labute approximate surface area is 159 Å². The van der Waals surface area contributed by atoms with Crippen molar-refractivity contribution in [3.8, 4) is 0 Å². The van der Waals surface area contributed by atoms with Gasteiger partial charge in [-0.25, -0.2) is 0 Å². The van der Waals surface area contributed by atoms with Crippen LogP contribution in [-0.2, 0) is 6.54 Å². The van der Waals surface area contributed by atoms with Crippen LogP contribution in [-0.4, -0.2) is 40.7 Å². The summed E-state index contributed by atoms with van der Waals surface area (Å²) in [5.74, 6) is 0.126. The van der Waals surface area contributed by atoms with E-state index in [-0.39, 0.29) is 11.6 Å². The van der Waals surface area contributed by atoms with E-state index in [1.54, 1.807) is 13.8 Å². The molecule has 1 aromatic heterocycles. The zero-order valence-corrected chi connectivity index (χ0v) is 16.3. The first-order valence-electron chi connectivity index (χ1n) is 9.74. The standard InChI is InChI=1S/C23H26N2O2/c1-15(26)17-6-8-22-20(13-17)21-14-18(16(2)27)7-9-23(21)25(22)12-10-19-5-4-11-24(19)3/h6-9,13-14,19H,4-5,10-12H2,1-3H3/t19-/m1/s1. The highest BCUT2D eigenvalue weighted by molar-refractivity contribution is 6.12. The highest BCUT2D eigenvalue weighted by Crippen LogP contribution is 2.32. The second kappa shape index (κ2) is 6.93. The number of Topliss-reactive ketones (excluding diaryl/α,β-unsaturated/α-hetero) is 2. The van der Waals surface area contributed by atoms with Crippen LogP contribution in [0.4, 0.5) is 0 Å². The number of carbonyl (C=O) groups is 2. The van der Waals surface area contributed by atoms with Crippen molar-refractivity contribution in [2.75, 3.05) is 13.6 Å². The zero-order valence-electron chi connectivity index (χ0n) is 16.3. The van der Waals surface area contributed by atoms with E-state index < -0.39 is 0 Å². The summed E-state index contributed by atoms with van der Waals surface area (Å²) in [6, 6.07) is 12.5. The highest BCUT2D eigenvalue weighted by atomic mass is 16.1. The number of fused-ring (bicyclic) bond motifs is 3. The Morgan fingerprint density at radius 3 is 1.96 bits per heavy atom. The molecule has 0 radical (unpaired) electrons. The number of aromatic nitrogens is 1. The quantitative estimate of drug-likeness (QED) is 0.619. The van der Waals surface area contributed by atoms with Crippen LogP contribution in [0.2, 0.25) is 0 Å². The topological polar surface area (TPSA) is 42.3 Å². The van der Waals surface area contributed by atoms with Gasteiger partial charge >= 0.3 is 0 Å². The van der Waals surface area contributed by atoms with Crippen LogP contribution in [0.1, 0.15) is 53.8 Å². The predicted molar refractivity (Wildman–Crippen MR) is 110 cm³/mol. The summed E-state index contributed by atoms with van der Waals surface area (Å²) in [6.45, 7) is 5.31. The van der Waals surface area contributed by atoms with Crippen molar-refractivity contribution in [2.45, 2.75) is 45.7 Å². The summed E-state index contributed by atoms with van der Waals surface area (Å²) in [5.41, 5.74) is 3.70. The molecule has 0 aliphatic carbocycles. The van der Waals surface area contributed by atoms with E-state index in [1.165, 1.54) is 19.4 Å². The van der Waals surface area contributed by atoms with Gasteiger partial charge in [0, 0.05) is 45.5 Å².